The van der Waals surface area contributed by atoms with Crippen LogP contribution in [0.3, 0.4) is 0 Å². The molecule has 0 saturated heterocycles. The average molecular weight is 282 g/mol. The predicted molar refractivity (Wildman–Crippen MR) is 63.9 cm³/mol. The Labute approximate surface area is 103 Å². The SMILES string of the molecule is CCOC(=O)Cc1cc(C#N)c(Br)cc1C. The molecule has 84 valence electrons. The van der Waals surface area contributed by atoms with E-state index in [-0.39, 0.29) is 12.4 Å². The first-order valence-electron chi connectivity index (χ1n) is 4.93. The van der Waals surface area contributed by atoms with Crippen LogP contribution in [0, 0.1) is 18.3 Å². The van der Waals surface area contributed by atoms with Crippen molar-refractivity contribution in [2.45, 2.75) is 20.3 Å². The van der Waals surface area contributed by atoms with Crippen molar-refractivity contribution < 1.29 is 9.53 Å². The molecule has 0 heterocycles. The quantitative estimate of drug-likeness (QED) is 0.801. The summed E-state index contributed by atoms with van der Waals surface area (Å²) in [6.45, 7) is 4.05. The predicted octanol–water partition coefficient (Wildman–Crippen LogP) is 2.73. The summed E-state index contributed by atoms with van der Waals surface area (Å²) in [4.78, 5) is 11.3. The maximum atomic E-state index is 11.3. The molecule has 0 unspecified atom stereocenters. The molecular formula is C12H12BrNO2. The van der Waals surface area contributed by atoms with Gasteiger partial charge in [0.2, 0.25) is 0 Å². The van der Waals surface area contributed by atoms with E-state index in [0.717, 1.165) is 15.6 Å². The van der Waals surface area contributed by atoms with E-state index in [1.54, 1.807) is 13.0 Å². The van der Waals surface area contributed by atoms with E-state index in [1.165, 1.54) is 0 Å². The van der Waals surface area contributed by atoms with Crippen molar-refractivity contribution in [3.63, 3.8) is 0 Å². The molecule has 16 heavy (non-hydrogen) atoms. The maximum Gasteiger partial charge on any atom is 0.310 e. The van der Waals surface area contributed by atoms with Crippen molar-refractivity contribution in [3.8, 4) is 6.07 Å². The zero-order chi connectivity index (χ0) is 12.1. The molecule has 0 aliphatic carbocycles. The minimum absolute atomic E-state index is 0.210. The molecule has 0 fully saturated rings. The van der Waals surface area contributed by atoms with Gasteiger partial charge in [-0.3, -0.25) is 4.79 Å². The zero-order valence-electron chi connectivity index (χ0n) is 9.21. The number of esters is 1. The second kappa shape index (κ2) is 5.66. The van der Waals surface area contributed by atoms with E-state index in [9.17, 15) is 4.79 Å². The molecule has 0 atom stereocenters. The summed E-state index contributed by atoms with van der Waals surface area (Å²) in [5.74, 6) is -0.267. The van der Waals surface area contributed by atoms with Crippen LogP contribution >= 0.6 is 15.9 Å². The third kappa shape index (κ3) is 3.07. The summed E-state index contributed by atoms with van der Waals surface area (Å²) in [6.07, 6.45) is 0.210. The van der Waals surface area contributed by atoms with Crippen LogP contribution in [0.4, 0.5) is 0 Å². The Bertz CT molecular complexity index is 449. The van der Waals surface area contributed by atoms with Crippen LogP contribution in [-0.2, 0) is 16.0 Å². The van der Waals surface area contributed by atoms with E-state index in [4.69, 9.17) is 10.00 Å². The minimum atomic E-state index is -0.267. The van der Waals surface area contributed by atoms with Gasteiger partial charge in [0.05, 0.1) is 18.6 Å². The van der Waals surface area contributed by atoms with Gasteiger partial charge in [-0.15, -0.1) is 0 Å². The number of ether oxygens (including phenoxy) is 1. The highest BCUT2D eigenvalue weighted by molar-refractivity contribution is 9.10. The van der Waals surface area contributed by atoms with E-state index >= 15 is 0 Å². The van der Waals surface area contributed by atoms with Gasteiger partial charge in [0, 0.05) is 4.47 Å². The molecule has 0 aromatic heterocycles. The third-order valence-electron chi connectivity index (χ3n) is 2.19. The highest BCUT2D eigenvalue weighted by Crippen LogP contribution is 2.21. The van der Waals surface area contributed by atoms with E-state index in [2.05, 4.69) is 22.0 Å². The van der Waals surface area contributed by atoms with Crippen molar-refractivity contribution in [1.82, 2.24) is 0 Å². The van der Waals surface area contributed by atoms with Crippen LogP contribution in [0.5, 0.6) is 0 Å². The van der Waals surface area contributed by atoms with Gasteiger partial charge in [0.15, 0.2) is 0 Å². The summed E-state index contributed by atoms with van der Waals surface area (Å²) >= 11 is 3.30. The van der Waals surface area contributed by atoms with Gasteiger partial charge in [-0.05, 0) is 53.0 Å². The van der Waals surface area contributed by atoms with Crippen LogP contribution in [-0.4, -0.2) is 12.6 Å². The molecule has 0 aliphatic rings. The summed E-state index contributed by atoms with van der Waals surface area (Å²) in [7, 11) is 0. The molecule has 0 spiro atoms. The Kier molecular flexibility index (Phi) is 4.51. The lowest BCUT2D eigenvalue weighted by molar-refractivity contribution is -0.142. The summed E-state index contributed by atoms with van der Waals surface area (Å²) < 4.78 is 5.62. The number of nitriles is 1. The number of carbonyl (C=O) groups is 1. The monoisotopic (exact) mass is 281 g/mol. The van der Waals surface area contributed by atoms with Gasteiger partial charge >= 0.3 is 5.97 Å². The maximum absolute atomic E-state index is 11.3. The topological polar surface area (TPSA) is 50.1 Å². The van der Waals surface area contributed by atoms with Gasteiger partial charge in [-0.25, -0.2) is 0 Å². The molecule has 1 rings (SSSR count). The van der Waals surface area contributed by atoms with Crippen LogP contribution in [0.25, 0.3) is 0 Å². The second-order valence-electron chi connectivity index (χ2n) is 3.35. The van der Waals surface area contributed by atoms with Gasteiger partial charge in [0.1, 0.15) is 6.07 Å². The Hall–Kier alpha value is -1.34. The van der Waals surface area contributed by atoms with Crippen molar-refractivity contribution in [2.75, 3.05) is 6.61 Å². The Morgan fingerprint density at radius 2 is 2.25 bits per heavy atom. The molecule has 4 heteroatoms. The largest absolute Gasteiger partial charge is 0.466 e. The van der Waals surface area contributed by atoms with Crippen molar-refractivity contribution >= 4 is 21.9 Å². The number of halogens is 1. The van der Waals surface area contributed by atoms with E-state index in [0.29, 0.717) is 12.2 Å². The molecule has 0 bridgehead atoms. The molecule has 1 aromatic carbocycles. The van der Waals surface area contributed by atoms with E-state index < -0.39 is 0 Å². The van der Waals surface area contributed by atoms with E-state index in [1.807, 2.05) is 13.0 Å². The standard InChI is InChI=1S/C12H12BrNO2/c1-3-16-12(15)6-9-5-10(7-14)11(13)4-8(9)2/h4-5H,3,6H2,1-2H3. The van der Waals surface area contributed by atoms with Crippen molar-refractivity contribution in [3.05, 3.63) is 33.3 Å². The third-order valence-corrected chi connectivity index (χ3v) is 2.84. The van der Waals surface area contributed by atoms with Gasteiger partial charge < -0.3 is 4.74 Å². The van der Waals surface area contributed by atoms with Gasteiger partial charge in [-0.1, -0.05) is 0 Å². The Morgan fingerprint density at radius 1 is 1.56 bits per heavy atom. The Balaban J connectivity index is 2.97. The molecule has 0 saturated carbocycles. The summed E-state index contributed by atoms with van der Waals surface area (Å²) in [5.41, 5.74) is 2.34. The molecule has 0 radical (unpaired) electrons. The van der Waals surface area contributed by atoms with Gasteiger partial charge in [0.25, 0.3) is 0 Å². The molecule has 0 aliphatic heterocycles. The average Bonchev–Trinajstić information content (AvgIpc) is 2.22. The molecule has 1 aromatic rings. The number of aryl methyl sites for hydroxylation is 1. The Morgan fingerprint density at radius 3 is 2.81 bits per heavy atom. The number of hydrogen-bond acceptors (Lipinski definition) is 3. The van der Waals surface area contributed by atoms with Crippen LogP contribution in [0.15, 0.2) is 16.6 Å². The fraction of sp³-hybridized carbons (Fsp3) is 0.333. The number of carbonyl (C=O) groups excluding carboxylic acids is 1. The lowest BCUT2D eigenvalue weighted by Gasteiger charge is -2.07. The van der Waals surface area contributed by atoms with Crippen molar-refractivity contribution in [1.29, 1.82) is 5.26 Å². The first-order valence-corrected chi connectivity index (χ1v) is 5.72. The van der Waals surface area contributed by atoms with Crippen LogP contribution in [0.2, 0.25) is 0 Å². The normalized spacial score (nSPS) is 9.62. The number of hydrogen-bond donors (Lipinski definition) is 0. The first-order chi connectivity index (χ1) is 7.58. The molecule has 0 N–H and O–H groups in total. The number of nitrogens with zero attached hydrogens (tertiary/aromatic N) is 1. The lowest BCUT2D eigenvalue weighted by Crippen LogP contribution is -2.08. The highest BCUT2D eigenvalue weighted by Gasteiger charge is 2.10. The first kappa shape index (κ1) is 12.7. The van der Waals surface area contributed by atoms with Gasteiger partial charge in [-0.2, -0.15) is 5.26 Å². The molecular weight excluding hydrogens is 270 g/mol. The number of benzene rings is 1. The van der Waals surface area contributed by atoms with Crippen LogP contribution < -0.4 is 0 Å². The summed E-state index contributed by atoms with van der Waals surface area (Å²) in [5, 5.41) is 8.88. The second-order valence-corrected chi connectivity index (χ2v) is 4.21. The smallest absolute Gasteiger partial charge is 0.310 e. The fourth-order valence-corrected chi connectivity index (χ4v) is 1.91. The zero-order valence-corrected chi connectivity index (χ0v) is 10.8. The highest BCUT2D eigenvalue weighted by atomic mass is 79.9. The fourth-order valence-electron chi connectivity index (χ4n) is 1.36. The van der Waals surface area contributed by atoms with Crippen molar-refractivity contribution in [2.24, 2.45) is 0 Å². The molecule has 3 nitrogen and oxygen atoms in total. The molecule has 0 amide bonds. The minimum Gasteiger partial charge on any atom is -0.466 e. The lowest BCUT2D eigenvalue weighted by atomic mass is 10.0. The summed E-state index contributed by atoms with van der Waals surface area (Å²) in [6, 6.07) is 5.63. The van der Waals surface area contributed by atoms with Crippen LogP contribution in [0.1, 0.15) is 23.6 Å². The number of rotatable bonds is 3.